The van der Waals surface area contributed by atoms with Gasteiger partial charge in [0.05, 0.1) is 5.52 Å². The molecule has 0 spiro atoms. The van der Waals surface area contributed by atoms with Crippen molar-refractivity contribution in [2.75, 3.05) is 0 Å². The van der Waals surface area contributed by atoms with Crippen molar-refractivity contribution in [3.05, 3.63) is 75.8 Å². The summed E-state index contributed by atoms with van der Waals surface area (Å²) in [5.41, 5.74) is 2.72. The quantitative estimate of drug-likeness (QED) is 0.803. The molecule has 0 atom stereocenters. The first-order valence-corrected chi connectivity index (χ1v) is 7.91. The first-order chi connectivity index (χ1) is 11.6. The zero-order valence-electron chi connectivity index (χ0n) is 13.7. The maximum atomic E-state index is 12.7. The maximum Gasteiger partial charge on any atom is 0.257 e. The van der Waals surface area contributed by atoms with Crippen LogP contribution < -0.4 is 10.7 Å². The van der Waals surface area contributed by atoms with E-state index in [0.29, 0.717) is 18.5 Å². The summed E-state index contributed by atoms with van der Waals surface area (Å²) in [6.07, 6.45) is 4.98. The van der Waals surface area contributed by atoms with E-state index in [2.05, 4.69) is 10.3 Å². The van der Waals surface area contributed by atoms with E-state index in [4.69, 9.17) is 0 Å². The largest absolute Gasteiger partial charge is 0.348 e. The molecule has 0 aliphatic carbocycles. The molecular weight excluding hydrogens is 302 g/mol. The molecule has 0 saturated heterocycles. The summed E-state index contributed by atoms with van der Waals surface area (Å²) in [6.45, 7) is 4.97. The van der Waals surface area contributed by atoms with Crippen molar-refractivity contribution < 1.29 is 4.79 Å². The lowest BCUT2D eigenvalue weighted by molar-refractivity contribution is 0.0949. The van der Waals surface area contributed by atoms with Gasteiger partial charge in [-0.25, -0.2) is 0 Å². The van der Waals surface area contributed by atoms with Gasteiger partial charge in [0.15, 0.2) is 0 Å². The van der Waals surface area contributed by atoms with E-state index >= 15 is 0 Å². The fourth-order valence-corrected chi connectivity index (χ4v) is 2.71. The molecule has 0 aliphatic heterocycles. The van der Waals surface area contributed by atoms with Crippen molar-refractivity contribution in [2.24, 2.45) is 0 Å². The average molecular weight is 321 g/mol. The standard InChI is InChI=1S/C19H19N3O2/c1-3-22-12-16(18(23)15-10-13(2)4-5-17(15)22)19(24)21-11-14-6-8-20-9-7-14/h4-10,12H,3,11H2,1-2H3,(H,21,24). The van der Waals surface area contributed by atoms with Crippen LogP contribution in [0, 0.1) is 6.92 Å². The van der Waals surface area contributed by atoms with Gasteiger partial charge in [-0.15, -0.1) is 0 Å². The van der Waals surface area contributed by atoms with Gasteiger partial charge in [-0.1, -0.05) is 11.6 Å². The number of nitrogens with one attached hydrogen (secondary N) is 1. The Kier molecular flexibility index (Phi) is 4.42. The van der Waals surface area contributed by atoms with Crippen LogP contribution >= 0.6 is 0 Å². The normalized spacial score (nSPS) is 10.8. The van der Waals surface area contributed by atoms with Crippen LogP contribution in [0.25, 0.3) is 10.9 Å². The van der Waals surface area contributed by atoms with Crippen molar-refractivity contribution in [2.45, 2.75) is 26.9 Å². The fourth-order valence-electron chi connectivity index (χ4n) is 2.71. The zero-order valence-corrected chi connectivity index (χ0v) is 13.7. The van der Waals surface area contributed by atoms with E-state index in [0.717, 1.165) is 16.6 Å². The Balaban J connectivity index is 1.98. The summed E-state index contributed by atoms with van der Waals surface area (Å²) in [5, 5.41) is 3.38. The maximum absolute atomic E-state index is 12.7. The number of rotatable bonds is 4. The van der Waals surface area contributed by atoms with Gasteiger partial charge in [-0.2, -0.15) is 0 Å². The molecule has 0 aliphatic rings. The highest BCUT2D eigenvalue weighted by atomic mass is 16.2. The van der Waals surface area contributed by atoms with Gasteiger partial charge in [0, 0.05) is 37.1 Å². The molecule has 2 aromatic heterocycles. The Morgan fingerprint density at radius 3 is 2.67 bits per heavy atom. The van der Waals surface area contributed by atoms with E-state index in [9.17, 15) is 9.59 Å². The summed E-state index contributed by atoms with van der Waals surface area (Å²) in [4.78, 5) is 29.2. The predicted molar refractivity (Wildman–Crippen MR) is 94.0 cm³/mol. The van der Waals surface area contributed by atoms with Gasteiger partial charge < -0.3 is 9.88 Å². The van der Waals surface area contributed by atoms with Crippen LogP contribution in [0.4, 0.5) is 0 Å². The third-order valence-electron chi connectivity index (χ3n) is 4.02. The molecule has 0 radical (unpaired) electrons. The molecule has 3 rings (SSSR count). The molecular formula is C19H19N3O2. The minimum atomic E-state index is -0.359. The first-order valence-electron chi connectivity index (χ1n) is 7.91. The molecule has 0 saturated carbocycles. The SMILES string of the molecule is CCn1cc(C(=O)NCc2ccncc2)c(=O)c2cc(C)ccc21. The van der Waals surface area contributed by atoms with Gasteiger partial charge in [0.1, 0.15) is 5.56 Å². The Morgan fingerprint density at radius 2 is 1.96 bits per heavy atom. The molecule has 122 valence electrons. The Morgan fingerprint density at radius 1 is 1.21 bits per heavy atom. The highest BCUT2D eigenvalue weighted by Crippen LogP contribution is 2.14. The number of fused-ring (bicyclic) bond motifs is 1. The van der Waals surface area contributed by atoms with Gasteiger partial charge in [0.2, 0.25) is 5.43 Å². The van der Waals surface area contributed by atoms with Crippen LogP contribution in [0.1, 0.15) is 28.4 Å². The number of aromatic nitrogens is 2. The lowest BCUT2D eigenvalue weighted by atomic mass is 10.1. The zero-order chi connectivity index (χ0) is 17.1. The summed E-state index contributed by atoms with van der Waals surface area (Å²) in [5.74, 6) is -0.359. The molecule has 3 aromatic rings. The summed E-state index contributed by atoms with van der Waals surface area (Å²) in [6, 6.07) is 9.39. The first kappa shape index (κ1) is 15.9. The van der Waals surface area contributed by atoms with Crippen LogP contribution in [-0.4, -0.2) is 15.5 Å². The number of hydrogen-bond acceptors (Lipinski definition) is 3. The number of carbonyl (C=O) groups is 1. The van der Waals surface area contributed by atoms with Crippen LogP contribution in [-0.2, 0) is 13.1 Å². The number of benzene rings is 1. The van der Waals surface area contributed by atoms with Gasteiger partial charge in [-0.05, 0) is 43.7 Å². The third kappa shape index (κ3) is 3.06. The lowest BCUT2D eigenvalue weighted by Gasteiger charge is -2.12. The average Bonchev–Trinajstić information content (AvgIpc) is 2.61. The molecule has 0 unspecified atom stereocenters. The number of nitrogens with zero attached hydrogens (tertiary/aromatic N) is 2. The minimum absolute atomic E-state index is 0.170. The van der Waals surface area contributed by atoms with Crippen LogP contribution in [0.2, 0.25) is 0 Å². The molecule has 5 heteroatoms. The fraction of sp³-hybridized carbons (Fsp3) is 0.211. The van der Waals surface area contributed by atoms with E-state index in [-0.39, 0.29) is 16.9 Å². The highest BCUT2D eigenvalue weighted by molar-refractivity contribution is 5.97. The van der Waals surface area contributed by atoms with Gasteiger partial charge >= 0.3 is 0 Å². The number of amides is 1. The monoisotopic (exact) mass is 321 g/mol. The van der Waals surface area contributed by atoms with Crippen molar-refractivity contribution in [3.63, 3.8) is 0 Å². The van der Waals surface area contributed by atoms with E-state index in [1.807, 2.05) is 48.7 Å². The minimum Gasteiger partial charge on any atom is -0.348 e. The molecule has 1 N–H and O–H groups in total. The second kappa shape index (κ2) is 6.66. The Bertz CT molecular complexity index is 946. The van der Waals surface area contributed by atoms with Crippen LogP contribution in [0.5, 0.6) is 0 Å². The van der Waals surface area contributed by atoms with Gasteiger partial charge in [-0.3, -0.25) is 14.6 Å². The van der Waals surface area contributed by atoms with Crippen LogP contribution in [0.15, 0.2) is 53.7 Å². The number of carbonyl (C=O) groups excluding carboxylic acids is 1. The van der Waals surface area contributed by atoms with Crippen molar-refractivity contribution in [1.29, 1.82) is 0 Å². The highest BCUT2D eigenvalue weighted by Gasteiger charge is 2.15. The predicted octanol–water partition coefficient (Wildman–Crippen LogP) is 2.65. The molecule has 2 heterocycles. The molecule has 0 bridgehead atoms. The van der Waals surface area contributed by atoms with Crippen molar-refractivity contribution >= 4 is 16.8 Å². The van der Waals surface area contributed by atoms with Crippen LogP contribution in [0.3, 0.4) is 0 Å². The third-order valence-corrected chi connectivity index (χ3v) is 4.02. The number of aryl methyl sites for hydroxylation is 2. The Labute approximate surface area is 140 Å². The summed E-state index contributed by atoms with van der Waals surface area (Å²) >= 11 is 0. The van der Waals surface area contributed by atoms with E-state index in [1.54, 1.807) is 18.6 Å². The van der Waals surface area contributed by atoms with E-state index < -0.39 is 0 Å². The number of pyridine rings is 2. The van der Waals surface area contributed by atoms with Crippen molar-refractivity contribution in [1.82, 2.24) is 14.9 Å². The molecule has 1 aromatic carbocycles. The number of hydrogen-bond donors (Lipinski definition) is 1. The molecule has 0 fully saturated rings. The summed E-state index contributed by atoms with van der Waals surface area (Å²) in [7, 11) is 0. The van der Waals surface area contributed by atoms with E-state index in [1.165, 1.54) is 0 Å². The molecule has 1 amide bonds. The van der Waals surface area contributed by atoms with Gasteiger partial charge in [0.25, 0.3) is 5.91 Å². The summed E-state index contributed by atoms with van der Waals surface area (Å²) < 4.78 is 1.93. The molecule has 5 nitrogen and oxygen atoms in total. The topological polar surface area (TPSA) is 64.0 Å². The second-order valence-corrected chi connectivity index (χ2v) is 5.72. The lowest BCUT2D eigenvalue weighted by Crippen LogP contribution is -2.29. The second-order valence-electron chi connectivity index (χ2n) is 5.72. The Hall–Kier alpha value is -2.95. The van der Waals surface area contributed by atoms with Crippen molar-refractivity contribution in [3.8, 4) is 0 Å². The smallest absolute Gasteiger partial charge is 0.257 e. The molecule has 24 heavy (non-hydrogen) atoms.